The van der Waals surface area contributed by atoms with Crippen LogP contribution in [0.4, 0.5) is 0 Å². The number of oxazole rings is 1. The Morgan fingerprint density at radius 1 is 1.29 bits per heavy atom. The third-order valence-electron chi connectivity index (χ3n) is 3.03. The Morgan fingerprint density at radius 3 is 2.57 bits per heavy atom. The molecule has 0 atom stereocenters. The first-order valence-electron chi connectivity index (χ1n) is 6.45. The van der Waals surface area contributed by atoms with Gasteiger partial charge in [-0.1, -0.05) is 18.2 Å². The van der Waals surface area contributed by atoms with Crippen molar-refractivity contribution >= 4 is 11.9 Å². The zero-order chi connectivity index (χ0) is 15.4. The van der Waals surface area contributed by atoms with Gasteiger partial charge in [-0.3, -0.25) is 9.59 Å². The Bertz CT molecular complexity index is 649. The van der Waals surface area contributed by atoms with Crippen molar-refractivity contribution in [2.75, 3.05) is 13.6 Å². The van der Waals surface area contributed by atoms with Crippen LogP contribution in [0, 0.1) is 6.92 Å². The molecule has 110 valence electrons. The van der Waals surface area contributed by atoms with Gasteiger partial charge in [0.2, 0.25) is 11.8 Å². The molecule has 6 nitrogen and oxygen atoms in total. The number of carboxylic acids is 1. The molecule has 0 aliphatic carbocycles. The number of benzene rings is 1. The molecule has 6 heteroatoms. The van der Waals surface area contributed by atoms with Crippen LogP contribution in [-0.2, 0) is 16.0 Å². The van der Waals surface area contributed by atoms with Crippen LogP contribution in [0.15, 0.2) is 34.7 Å². The number of carbonyl (C=O) groups is 2. The molecule has 0 aliphatic heterocycles. The fourth-order valence-corrected chi connectivity index (χ4v) is 1.87. The lowest BCUT2D eigenvalue weighted by atomic mass is 10.2. The predicted octanol–water partition coefficient (Wildman–Crippen LogP) is 1.74. The molecular formula is C15H16N2O4. The van der Waals surface area contributed by atoms with E-state index in [9.17, 15) is 9.59 Å². The van der Waals surface area contributed by atoms with E-state index >= 15 is 0 Å². The van der Waals surface area contributed by atoms with Gasteiger partial charge in [-0.15, -0.1) is 0 Å². The molecule has 1 amide bonds. The van der Waals surface area contributed by atoms with Gasteiger partial charge in [-0.2, -0.15) is 0 Å². The van der Waals surface area contributed by atoms with E-state index in [0.717, 1.165) is 10.5 Å². The molecule has 1 aromatic carbocycles. The van der Waals surface area contributed by atoms with E-state index in [0.29, 0.717) is 17.3 Å². The van der Waals surface area contributed by atoms with Gasteiger partial charge in [0, 0.05) is 12.6 Å². The van der Waals surface area contributed by atoms with Crippen LogP contribution >= 0.6 is 0 Å². The van der Waals surface area contributed by atoms with Crippen LogP contribution in [0.5, 0.6) is 0 Å². The number of hydrogen-bond donors (Lipinski definition) is 1. The van der Waals surface area contributed by atoms with Crippen molar-refractivity contribution in [3.63, 3.8) is 0 Å². The molecule has 2 aromatic rings. The smallest absolute Gasteiger partial charge is 0.323 e. The van der Waals surface area contributed by atoms with Gasteiger partial charge in [-0.25, -0.2) is 4.98 Å². The van der Waals surface area contributed by atoms with Crippen LogP contribution in [0.25, 0.3) is 11.5 Å². The largest absolute Gasteiger partial charge is 0.480 e. The second-order valence-electron chi connectivity index (χ2n) is 4.71. The van der Waals surface area contributed by atoms with Crippen molar-refractivity contribution < 1.29 is 19.1 Å². The summed E-state index contributed by atoms with van der Waals surface area (Å²) in [5, 5.41) is 8.68. The molecule has 0 saturated heterocycles. The quantitative estimate of drug-likeness (QED) is 0.906. The number of aliphatic carboxylic acids is 1. The summed E-state index contributed by atoms with van der Waals surface area (Å²) in [6, 6.07) is 9.38. The van der Waals surface area contributed by atoms with Crippen molar-refractivity contribution in [1.82, 2.24) is 9.88 Å². The molecule has 1 heterocycles. The van der Waals surface area contributed by atoms with Gasteiger partial charge >= 0.3 is 5.97 Å². The summed E-state index contributed by atoms with van der Waals surface area (Å²) in [5.41, 5.74) is 1.36. The van der Waals surface area contributed by atoms with Crippen molar-refractivity contribution in [2.24, 2.45) is 0 Å². The summed E-state index contributed by atoms with van der Waals surface area (Å²) < 4.78 is 5.56. The SMILES string of the molecule is Cc1oc(-c2ccccc2)nc1CC(=O)N(C)CC(=O)O. The molecular weight excluding hydrogens is 272 g/mol. The summed E-state index contributed by atoms with van der Waals surface area (Å²) >= 11 is 0. The van der Waals surface area contributed by atoms with E-state index in [1.54, 1.807) is 6.92 Å². The Morgan fingerprint density at radius 2 is 1.95 bits per heavy atom. The van der Waals surface area contributed by atoms with Crippen molar-refractivity contribution in [1.29, 1.82) is 0 Å². The molecule has 1 aromatic heterocycles. The van der Waals surface area contributed by atoms with E-state index in [2.05, 4.69) is 4.98 Å². The first kappa shape index (κ1) is 14.8. The van der Waals surface area contributed by atoms with Crippen molar-refractivity contribution in [3.05, 3.63) is 41.8 Å². The number of amides is 1. The average Bonchev–Trinajstić information content (AvgIpc) is 2.80. The Balaban J connectivity index is 2.13. The van der Waals surface area contributed by atoms with Gasteiger partial charge in [0.05, 0.1) is 12.1 Å². The second-order valence-corrected chi connectivity index (χ2v) is 4.71. The zero-order valence-electron chi connectivity index (χ0n) is 11.9. The third kappa shape index (κ3) is 3.68. The van der Waals surface area contributed by atoms with Crippen LogP contribution in [-0.4, -0.2) is 40.5 Å². The van der Waals surface area contributed by atoms with Crippen molar-refractivity contribution in [2.45, 2.75) is 13.3 Å². The first-order valence-corrected chi connectivity index (χ1v) is 6.45. The monoisotopic (exact) mass is 288 g/mol. The van der Waals surface area contributed by atoms with Gasteiger partial charge in [0.25, 0.3) is 0 Å². The molecule has 0 bridgehead atoms. The van der Waals surface area contributed by atoms with Gasteiger partial charge in [0.1, 0.15) is 12.3 Å². The lowest BCUT2D eigenvalue weighted by Gasteiger charge is -2.13. The number of nitrogens with zero attached hydrogens (tertiary/aromatic N) is 2. The highest BCUT2D eigenvalue weighted by atomic mass is 16.4. The van der Waals surface area contributed by atoms with E-state index < -0.39 is 5.97 Å². The van der Waals surface area contributed by atoms with Gasteiger partial charge in [-0.05, 0) is 19.1 Å². The summed E-state index contributed by atoms with van der Waals surface area (Å²) in [4.78, 5) is 28.0. The number of likely N-dealkylation sites (N-methyl/N-ethyl adjacent to an activating group) is 1. The maximum absolute atomic E-state index is 11.9. The lowest BCUT2D eigenvalue weighted by Crippen LogP contribution is -2.33. The molecule has 0 fully saturated rings. The van der Waals surface area contributed by atoms with E-state index in [-0.39, 0.29) is 18.9 Å². The molecule has 0 saturated carbocycles. The third-order valence-corrected chi connectivity index (χ3v) is 3.03. The zero-order valence-corrected chi connectivity index (χ0v) is 11.9. The molecule has 2 rings (SSSR count). The minimum absolute atomic E-state index is 0.0198. The fraction of sp³-hybridized carbons (Fsp3) is 0.267. The molecule has 0 radical (unpaired) electrons. The van der Waals surface area contributed by atoms with Gasteiger partial charge in [0.15, 0.2) is 0 Å². The van der Waals surface area contributed by atoms with Crippen molar-refractivity contribution in [3.8, 4) is 11.5 Å². The second kappa shape index (κ2) is 6.21. The lowest BCUT2D eigenvalue weighted by molar-refractivity contribution is -0.143. The number of hydrogen-bond acceptors (Lipinski definition) is 4. The maximum Gasteiger partial charge on any atom is 0.323 e. The van der Waals surface area contributed by atoms with Crippen LogP contribution in [0.1, 0.15) is 11.5 Å². The highest BCUT2D eigenvalue weighted by Crippen LogP contribution is 2.21. The van der Waals surface area contributed by atoms with Gasteiger partial charge < -0.3 is 14.4 Å². The van der Waals surface area contributed by atoms with E-state index in [1.807, 2.05) is 30.3 Å². The molecule has 0 aliphatic rings. The maximum atomic E-state index is 11.9. The minimum Gasteiger partial charge on any atom is -0.480 e. The Hall–Kier alpha value is -2.63. The first-order chi connectivity index (χ1) is 9.97. The van der Waals surface area contributed by atoms with Crippen LogP contribution in [0.3, 0.4) is 0 Å². The number of carbonyl (C=O) groups excluding carboxylic acids is 1. The minimum atomic E-state index is -1.05. The molecule has 0 unspecified atom stereocenters. The Kier molecular flexibility index (Phi) is 4.37. The average molecular weight is 288 g/mol. The summed E-state index contributed by atoms with van der Waals surface area (Å²) in [6.45, 7) is 1.40. The highest BCUT2D eigenvalue weighted by molar-refractivity contribution is 5.82. The number of carboxylic acid groups (broad SMARTS) is 1. The highest BCUT2D eigenvalue weighted by Gasteiger charge is 2.18. The normalized spacial score (nSPS) is 10.4. The molecule has 0 spiro atoms. The standard InChI is InChI=1S/C15H16N2O4/c1-10-12(8-13(18)17(2)9-14(19)20)16-15(21-10)11-6-4-3-5-7-11/h3-7H,8-9H2,1-2H3,(H,19,20). The predicted molar refractivity (Wildman–Crippen MR) is 75.7 cm³/mol. The Labute approximate surface area is 122 Å². The van der Waals surface area contributed by atoms with E-state index in [1.165, 1.54) is 7.05 Å². The molecule has 21 heavy (non-hydrogen) atoms. The topological polar surface area (TPSA) is 83.6 Å². The summed E-state index contributed by atoms with van der Waals surface area (Å²) in [7, 11) is 1.45. The summed E-state index contributed by atoms with van der Waals surface area (Å²) in [6.07, 6.45) is 0.0198. The number of aryl methyl sites for hydroxylation is 1. The van der Waals surface area contributed by atoms with Crippen LogP contribution in [0.2, 0.25) is 0 Å². The van der Waals surface area contributed by atoms with E-state index in [4.69, 9.17) is 9.52 Å². The number of rotatable bonds is 5. The summed E-state index contributed by atoms with van der Waals surface area (Å²) in [5.74, 6) is -0.344. The van der Waals surface area contributed by atoms with Crippen LogP contribution < -0.4 is 0 Å². The molecule has 1 N–H and O–H groups in total. The number of aromatic nitrogens is 1. The fourth-order valence-electron chi connectivity index (χ4n) is 1.87.